The Bertz CT molecular complexity index is 219. The fraction of sp³-hybridized carbons (Fsp3) is 1.00. The third-order valence-corrected chi connectivity index (χ3v) is 3.54. The van der Waals surface area contributed by atoms with Crippen LogP contribution in [-0.2, 0) is 0 Å². The first-order valence-corrected chi connectivity index (χ1v) is 7.81. The van der Waals surface area contributed by atoms with Crippen LogP contribution in [0.5, 0.6) is 0 Å². The third kappa shape index (κ3) is 9.42. The third-order valence-electron chi connectivity index (χ3n) is 3.54. The summed E-state index contributed by atoms with van der Waals surface area (Å²) in [4.78, 5) is 4.90. The van der Waals surface area contributed by atoms with Crippen molar-refractivity contribution in [2.45, 2.75) is 59.5 Å². The van der Waals surface area contributed by atoms with Gasteiger partial charge in [-0.1, -0.05) is 20.8 Å². The highest BCUT2D eigenvalue weighted by molar-refractivity contribution is 4.81. The molecule has 0 spiro atoms. The molecule has 1 atom stereocenters. The lowest BCUT2D eigenvalue weighted by molar-refractivity contribution is 0.145. The van der Waals surface area contributed by atoms with E-state index in [2.05, 4.69) is 70.8 Å². The van der Waals surface area contributed by atoms with Gasteiger partial charge in [0.05, 0.1) is 0 Å². The van der Waals surface area contributed by atoms with Crippen LogP contribution < -0.4 is 5.32 Å². The van der Waals surface area contributed by atoms with Crippen LogP contribution >= 0.6 is 0 Å². The zero-order chi connectivity index (χ0) is 15.1. The lowest BCUT2D eigenvalue weighted by Gasteiger charge is -2.36. The normalized spacial score (nSPS) is 14.7. The van der Waals surface area contributed by atoms with E-state index in [0.717, 1.165) is 13.1 Å². The Hall–Kier alpha value is -0.120. The minimum absolute atomic E-state index is 0.205. The maximum absolute atomic E-state index is 3.67. The number of nitrogens with zero attached hydrogens (tertiary/aromatic N) is 2. The van der Waals surface area contributed by atoms with Crippen molar-refractivity contribution in [2.75, 3.05) is 40.3 Å². The SMILES string of the molecule is CCN(CCCN(C)C)C(CNC(C)(C)C)C(C)C. The van der Waals surface area contributed by atoms with Crippen LogP contribution in [0, 0.1) is 5.92 Å². The number of nitrogens with one attached hydrogen (secondary N) is 1. The molecule has 0 rings (SSSR count). The molecule has 0 heterocycles. The molecule has 0 saturated heterocycles. The van der Waals surface area contributed by atoms with Crippen molar-refractivity contribution < 1.29 is 0 Å². The van der Waals surface area contributed by atoms with Crippen molar-refractivity contribution in [1.29, 1.82) is 0 Å². The van der Waals surface area contributed by atoms with Gasteiger partial charge in [-0.2, -0.15) is 0 Å². The molecule has 116 valence electrons. The van der Waals surface area contributed by atoms with Gasteiger partial charge >= 0.3 is 0 Å². The standard InChI is InChI=1S/C16H37N3/c1-9-19(12-10-11-18(7)8)15(14(2)3)13-17-16(4,5)6/h14-15,17H,9-13H2,1-8H3. The molecule has 1 N–H and O–H groups in total. The first kappa shape index (κ1) is 18.9. The molecule has 0 saturated carbocycles. The molecule has 0 amide bonds. The van der Waals surface area contributed by atoms with E-state index in [1.807, 2.05) is 0 Å². The molecule has 0 aliphatic carbocycles. The molecule has 1 unspecified atom stereocenters. The van der Waals surface area contributed by atoms with Crippen LogP contribution in [0.1, 0.15) is 48.0 Å². The number of hydrogen-bond acceptors (Lipinski definition) is 3. The molecule has 3 heteroatoms. The van der Waals surface area contributed by atoms with Crippen LogP contribution in [0.15, 0.2) is 0 Å². The molecule has 0 fully saturated rings. The zero-order valence-electron chi connectivity index (χ0n) is 14.6. The zero-order valence-corrected chi connectivity index (χ0v) is 14.6. The predicted octanol–water partition coefficient (Wildman–Crippen LogP) is 2.67. The van der Waals surface area contributed by atoms with E-state index in [9.17, 15) is 0 Å². The van der Waals surface area contributed by atoms with Gasteiger partial charge in [0.15, 0.2) is 0 Å². The summed E-state index contributed by atoms with van der Waals surface area (Å²) >= 11 is 0. The number of hydrogen-bond donors (Lipinski definition) is 1. The Kier molecular flexibility index (Phi) is 8.88. The molecular weight excluding hydrogens is 234 g/mol. The summed E-state index contributed by atoms with van der Waals surface area (Å²) in [6.45, 7) is 18.3. The number of rotatable bonds is 9. The van der Waals surface area contributed by atoms with Gasteiger partial charge in [0, 0.05) is 18.1 Å². The van der Waals surface area contributed by atoms with Crippen molar-refractivity contribution in [3.63, 3.8) is 0 Å². The van der Waals surface area contributed by atoms with E-state index in [0.29, 0.717) is 12.0 Å². The predicted molar refractivity (Wildman–Crippen MR) is 86.8 cm³/mol. The molecule has 0 bridgehead atoms. The lowest BCUT2D eigenvalue weighted by Crippen LogP contribution is -2.50. The van der Waals surface area contributed by atoms with Crippen LogP contribution in [0.2, 0.25) is 0 Å². The first-order valence-electron chi connectivity index (χ1n) is 7.81. The molecule has 0 aliphatic rings. The van der Waals surface area contributed by atoms with E-state index in [1.165, 1.54) is 19.5 Å². The van der Waals surface area contributed by atoms with E-state index in [-0.39, 0.29) is 5.54 Å². The highest BCUT2D eigenvalue weighted by atomic mass is 15.2. The molecular formula is C16H37N3. The Morgan fingerprint density at radius 2 is 1.63 bits per heavy atom. The van der Waals surface area contributed by atoms with Crippen molar-refractivity contribution >= 4 is 0 Å². The van der Waals surface area contributed by atoms with Gasteiger partial charge in [-0.25, -0.2) is 0 Å². The monoisotopic (exact) mass is 271 g/mol. The minimum atomic E-state index is 0.205. The van der Waals surface area contributed by atoms with Crippen molar-refractivity contribution in [3.05, 3.63) is 0 Å². The van der Waals surface area contributed by atoms with Crippen molar-refractivity contribution in [3.8, 4) is 0 Å². The van der Waals surface area contributed by atoms with Gasteiger partial charge in [-0.05, 0) is 66.8 Å². The largest absolute Gasteiger partial charge is 0.311 e. The average molecular weight is 271 g/mol. The van der Waals surface area contributed by atoms with E-state index in [1.54, 1.807) is 0 Å². The quantitative estimate of drug-likeness (QED) is 0.695. The van der Waals surface area contributed by atoms with Crippen LogP contribution in [0.3, 0.4) is 0 Å². The topological polar surface area (TPSA) is 18.5 Å². The van der Waals surface area contributed by atoms with Crippen LogP contribution in [0.25, 0.3) is 0 Å². The molecule has 0 radical (unpaired) electrons. The molecule has 0 aromatic heterocycles. The highest BCUT2D eigenvalue weighted by Gasteiger charge is 2.22. The maximum Gasteiger partial charge on any atom is 0.0243 e. The van der Waals surface area contributed by atoms with Gasteiger partial charge < -0.3 is 10.2 Å². The second-order valence-corrected chi connectivity index (χ2v) is 7.23. The molecule has 0 aromatic rings. The second kappa shape index (κ2) is 8.93. The van der Waals surface area contributed by atoms with Gasteiger partial charge in [-0.15, -0.1) is 0 Å². The summed E-state index contributed by atoms with van der Waals surface area (Å²) in [5.74, 6) is 0.689. The van der Waals surface area contributed by atoms with Crippen molar-refractivity contribution in [2.24, 2.45) is 5.92 Å². The summed E-state index contributed by atoms with van der Waals surface area (Å²) < 4.78 is 0. The van der Waals surface area contributed by atoms with Gasteiger partial charge in [0.1, 0.15) is 0 Å². The highest BCUT2D eigenvalue weighted by Crippen LogP contribution is 2.12. The van der Waals surface area contributed by atoms with Gasteiger partial charge in [0.25, 0.3) is 0 Å². The van der Waals surface area contributed by atoms with Crippen LogP contribution in [-0.4, -0.2) is 61.7 Å². The summed E-state index contributed by atoms with van der Waals surface area (Å²) in [7, 11) is 4.30. The van der Waals surface area contributed by atoms with Crippen LogP contribution in [0.4, 0.5) is 0 Å². The molecule has 0 aromatic carbocycles. The Morgan fingerprint density at radius 1 is 1.05 bits per heavy atom. The molecule has 0 aliphatic heterocycles. The van der Waals surface area contributed by atoms with E-state index in [4.69, 9.17) is 0 Å². The van der Waals surface area contributed by atoms with Gasteiger partial charge in [0.2, 0.25) is 0 Å². The Balaban J connectivity index is 4.37. The first-order chi connectivity index (χ1) is 8.67. The number of likely N-dealkylation sites (N-methyl/N-ethyl adjacent to an activating group) is 1. The maximum atomic E-state index is 3.67. The van der Waals surface area contributed by atoms with E-state index < -0.39 is 0 Å². The average Bonchev–Trinajstić information content (AvgIpc) is 2.24. The molecule has 19 heavy (non-hydrogen) atoms. The molecule has 3 nitrogen and oxygen atoms in total. The summed E-state index contributed by atoms with van der Waals surface area (Å²) in [5, 5.41) is 3.67. The van der Waals surface area contributed by atoms with Crippen molar-refractivity contribution in [1.82, 2.24) is 15.1 Å². The summed E-state index contributed by atoms with van der Waals surface area (Å²) in [6, 6.07) is 0.631. The van der Waals surface area contributed by atoms with E-state index >= 15 is 0 Å². The Labute approximate surface area is 121 Å². The fourth-order valence-electron chi connectivity index (χ4n) is 2.35. The lowest BCUT2D eigenvalue weighted by atomic mass is 10.00. The minimum Gasteiger partial charge on any atom is -0.311 e. The van der Waals surface area contributed by atoms with Gasteiger partial charge in [-0.3, -0.25) is 4.90 Å². The smallest absolute Gasteiger partial charge is 0.0243 e. The Morgan fingerprint density at radius 3 is 2.00 bits per heavy atom. The fourth-order valence-corrected chi connectivity index (χ4v) is 2.35. The summed E-state index contributed by atoms with van der Waals surface area (Å²) in [5.41, 5.74) is 0.205. The second-order valence-electron chi connectivity index (χ2n) is 7.23. The summed E-state index contributed by atoms with van der Waals surface area (Å²) in [6.07, 6.45) is 1.25.